The molecule has 0 aliphatic carbocycles. The van der Waals surface area contributed by atoms with Gasteiger partial charge in [-0.1, -0.05) is 30.3 Å². The van der Waals surface area contributed by atoms with Gasteiger partial charge in [0.25, 0.3) is 0 Å². The number of carbonyl (C=O) groups excluding carboxylic acids is 1. The molecule has 146 valence electrons. The molecule has 1 amide bonds. The van der Waals surface area contributed by atoms with Crippen molar-refractivity contribution in [3.63, 3.8) is 0 Å². The molecular formula is C16H21F3N2O4S. The maximum atomic E-state index is 13.5. The lowest BCUT2D eigenvalue weighted by atomic mass is 9.91. The van der Waals surface area contributed by atoms with Gasteiger partial charge in [0.2, 0.25) is 11.5 Å². The summed E-state index contributed by atoms with van der Waals surface area (Å²) in [5.41, 5.74) is -3.76. The monoisotopic (exact) mass is 394 g/mol. The first-order valence-corrected chi connectivity index (χ1v) is 9.86. The van der Waals surface area contributed by atoms with Gasteiger partial charge in [-0.25, -0.2) is 8.42 Å². The molecule has 0 aromatic heterocycles. The Bertz CT molecular complexity index is 747. The normalized spacial score (nSPS) is 20.2. The third-order valence-electron chi connectivity index (χ3n) is 4.76. The summed E-state index contributed by atoms with van der Waals surface area (Å²) in [4.78, 5) is 12.6. The second kappa shape index (κ2) is 7.16. The Morgan fingerprint density at radius 3 is 2.23 bits per heavy atom. The number of piperidine rings is 1. The van der Waals surface area contributed by atoms with Crippen LogP contribution in [-0.4, -0.2) is 56.2 Å². The van der Waals surface area contributed by atoms with Crippen molar-refractivity contribution in [2.75, 3.05) is 25.9 Å². The zero-order valence-corrected chi connectivity index (χ0v) is 15.0. The van der Waals surface area contributed by atoms with Crippen LogP contribution in [0.1, 0.15) is 18.4 Å². The van der Waals surface area contributed by atoms with Gasteiger partial charge >= 0.3 is 6.18 Å². The van der Waals surface area contributed by atoms with Crippen LogP contribution in [0.2, 0.25) is 0 Å². The molecule has 26 heavy (non-hydrogen) atoms. The van der Waals surface area contributed by atoms with E-state index in [1.807, 2.05) is 5.32 Å². The lowest BCUT2D eigenvalue weighted by Gasteiger charge is -2.36. The number of halogens is 3. The summed E-state index contributed by atoms with van der Waals surface area (Å²) in [5.74, 6) is -1.03. The van der Waals surface area contributed by atoms with E-state index in [4.69, 9.17) is 0 Å². The van der Waals surface area contributed by atoms with Gasteiger partial charge in [-0.15, -0.1) is 0 Å². The van der Waals surface area contributed by atoms with Crippen molar-refractivity contribution in [3.8, 4) is 0 Å². The van der Waals surface area contributed by atoms with E-state index in [1.165, 1.54) is 18.2 Å². The van der Waals surface area contributed by atoms with Crippen molar-refractivity contribution in [1.29, 1.82) is 0 Å². The molecular weight excluding hydrogens is 373 g/mol. The number of alkyl halides is 3. The van der Waals surface area contributed by atoms with E-state index in [2.05, 4.69) is 5.32 Å². The molecule has 1 aromatic rings. The number of carbonyl (C=O) groups is 1. The van der Waals surface area contributed by atoms with Gasteiger partial charge in [-0.2, -0.15) is 13.2 Å². The SMILES string of the molecule is CS(=O)(=O)C1(C(=O)NCC(O)(c2ccccc2)C(F)(F)F)CCNCC1. The third kappa shape index (κ3) is 3.72. The summed E-state index contributed by atoms with van der Waals surface area (Å²) >= 11 is 0. The first-order chi connectivity index (χ1) is 11.9. The van der Waals surface area contributed by atoms with Crippen LogP contribution < -0.4 is 10.6 Å². The molecule has 3 N–H and O–H groups in total. The maximum absolute atomic E-state index is 13.5. The summed E-state index contributed by atoms with van der Waals surface area (Å²) < 4.78 is 63.0. The van der Waals surface area contributed by atoms with E-state index in [9.17, 15) is 31.5 Å². The largest absolute Gasteiger partial charge is 0.423 e. The van der Waals surface area contributed by atoms with Crippen LogP contribution in [0.3, 0.4) is 0 Å². The van der Waals surface area contributed by atoms with Crippen molar-refractivity contribution in [2.45, 2.75) is 29.4 Å². The van der Waals surface area contributed by atoms with E-state index in [0.717, 1.165) is 18.4 Å². The fourth-order valence-electron chi connectivity index (χ4n) is 3.05. The van der Waals surface area contributed by atoms with E-state index >= 15 is 0 Å². The molecule has 2 rings (SSSR count). The second-order valence-electron chi connectivity index (χ2n) is 6.42. The van der Waals surface area contributed by atoms with Gasteiger partial charge in [0, 0.05) is 6.26 Å². The molecule has 1 aliphatic rings. The van der Waals surface area contributed by atoms with Gasteiger partial charge in [0.1, 0.15) is 0 Å². The molecule has 1 heterocycles. The smallest absolute Gasteiger partial charge is 0.375 e. The van der Waals surface area contributed by atoms with Gasteiger partial charge in [0.05, 0.1) is 6.54 Å². The average Bonchev–Trinajstić information content (AvgIpc) is 2.58. The highest BCUT2D eigenvalue weighted by Crippen LogP contribution is 2.38. The van der Waals surface area contributed by atoms with E-state index < -0.39 is 44.4 Å². The van der Waals surface area contributed by atoms with Gasteiger partial charge < -0.3 is 15.7 Å². The van der Waals surface area contributed by atoms with E-state index in [0.29, 0.717) is 0 Å². The number of aliphatic hydroxyl groups is 1. The maximum Gasteiger partial charge on any atom is 0.423 e. The molecule has 0 bridgehead atoms. The van der Waals surface area contributed by atoms with Crippen LogP contribution in [0.4, 0.5) is 13.2 Å². The number of hydrogen-bond acceptors (Lipinski definition) is 5. The molecule has 0 saturated carbocycles. The lowest BCUT2D eigenvalue weighted by Crippen LogP contribution is -2.60. The first-order valence-electron chi connectivity index (χ1n) is 7.97. The zero-order valence-electron chi connectivity index (χ0n) is 14.1. The number of sulfone groups is 1. The number of hydrogen-bond donors (Lipinski definition) is 3. The molecule has 1 aliphatic heterocycles. The fraction of sp³-hybridized carbons (Fsp3) is 0.562. The predicted octanol–water partition coefficient (Wildman–Crippen LogP) is 0.720. The van der Waals surface area contributed by atoms with Crippen LogP contribution in [0.5, 0.6) is 0 Å². The Kier molecular flexibility index (Phi) is 5.69. The molecule has 10 heteroatoms. The predicted molar refractivity (Wildman–Crippen MR) is 89.1 cm³/mol. The highest BCUT2D eigenvalue weighted by atomic mass is 32.2. The van der Waals surface area contributed by atoms with Crippen molar-refractivity contribution in [2.24, 2.45) is 0 Å². The Morgan fingerprint density at radius 2 is 1.77 bits per heavy atom. The summed E-state index contributed by atoms with van der Waals surface area (Å²) in [5, 5.41) is 15.2. The number of nitrogens with one attached hydrogen (secondary N) is 2. The molecule has 1 saturated heterocycles. The van der Waals surface area contributed by atoms with Crippen molar-refractivity contribution in [1.82, 2.24) is 10.6 Å². The quantitative estimate of drug-likeness (QED) is 0.684. The Balaban J connectivity index is 2.30. The average molecular weight is 394 g/mol. The minimum absolute atomic E-state index is 0.0482. The van der Waals surface area contributed by atoms with Crippen LogP contribution in [0.15, 0.2) is 30.3 Å². The molecule has 1 atom stereocenters. The Labute approximate surface area is 149 Å². The zero-order chi connectivity index (χ0) is 19.6. The molecule has 0 radical (unpaired) electrons. The number of benzene rings is 1. The first kappa shape index (κ1) is 20.7. The summed E-state index contributed by atoms with van der Waals surface area (Å²) in [6.07, 6.45) is -4.26. The lowest BCUT2D eigenvalue weighted by molar-refractivity contribution is -0.264. The van der Waals surface area contributed by atoms with Crippen LogP contribution >= 0.6 is 0 Å². The van der Waals surface area contributed by atoms with Crippen molar-refractivity contribution in [3.05, 3.63) is 35.9 Å². The Morgan fingerprint density at radius 1 is 1.23 bits per heavy atom. The highest BCUT2D eigenvalue weighted by molar-refractivity contribution is 7.92. The van der Waals surface area contributed by atoms with Crippen LogP contribution in [-0.2, 0) is 20.2 Å². The highest BCUT2D eigenvalue weighted by Gasteiger charge is 2.56. The Hall–Kier alpha value is -1.65. The van der Waals surface area contributed by atoms with Crippen LogP contribution in [0, 0.1) is 0 Å². The summed E-state index contributed by atoms with van der Waals surface area (Å²) in [6, 6.07) is 6.34. The molecule has 1 aromatic carbocycles. The molecule has 0 spiro atoms. The minimum atomic E-state index is -5.06. The van der Waals surface area contributed by atoms with E-state index in [1.54, 1.807) is 0 Å². The van der Waals surface area contributed by atoms with Crippen molar-refractivity contribution < 1.29 is 31.5 Å². The summed E-state index contributed by atoms with van der Waals surface area (Å²) in [7, 11) is -3.87. The molecule has 1 fully saturated rings. The van der Waals surface area contributed by atoms with Crippen molar-refractivity contribution >= 4 is 15.7 Å². The van der Waals surface area contributed by atoms with Gasteiger partial charge in [-0.05, 0) is 31.5 Å². The minimum Gasteiger partial charge on any atom is -0.375 e. The number of amides is 1. The third-order valence-corrected chi connectivity index (χ3v) is 6.77. The van der Waals surface area contributed by atoms with Crippen LogP contribution in [0.25, 0.3) is 0 Å². The summed E-state index contributed by atoms with van der Waals surface area (Å²) in [6.45, 7) is -0.671. The topological polar surface area (TPSA) is 95.5 Å². The standard InChI is InChI=1S/C16H21F3N2O4S/c1-26(24,25)14(7-9-20-10-8-14)13(22)21-11-15(23,16(17,18)19)12-5-3-2-4-6-12/h2-6,20,23H,7-11H2,1H3,(H,21,22). The molecule has 6 nitrogen and oxygen atoms in total. The van der Waals surface area contributed by atoms with E-state index in [-0.39, 0.29) is 25.9 Å². The fourth-order valence-corrected chi connectivity index (χ4v) is 4.40. The second-order valence-corrected chi connectivity index (χ2v) is 8.75. The number of rotatable bonds is 5. The van der Waals surface area contributed by atoms with Gasteiger partial charge in [-0.3, -0.25) is 4.79 Å². The van der Waals surface area contributed by atoms with Gasteiger partial charge in [0.15, 0.2) is 14.6 Å². The molecule has 1 unspecified atom stereocenters.